The molecule has 0 bridgehead atoms. The van der Waals surface area contributed by atoms with Gasteiger partial charge in [0.2, 0.25) is 11.8 Å². The minimum Gasteiger partial charge on any atom is -0.352 e. The predicted octanol–water partition coefficient (Wildman–Crippen LogP) is 6.40. The van der Waals surface area contributed by atoms with E-state index in [0.717, 1.165) is 42.4 Å². The molecule has 1 aliphatic carbocycles. The lowest BCUT2D eigenvalue weighted by molar-refractivity contribution is -0.139. The van der Waals surface area contributed by atoms with Crippen molar-refractivity contribution >= 4 is 46.8 Å². The van der Waals surface area contributed by atoms with E-state index in [-0.39, 0.29) is 23.6 Å². The van der Waals surface area contributed by atoms with Crippen LogP contribution in [0.1, 0.15) is 55.7 Å². The van der Waals surface area contributed by atoms with Crippen molar-refractivity contribution in [2.24, 2.45) is 0 Å². The lowest BCUT2D eigenvalue weighted by Crippen LogP contribution is -2.51. The molecular formula is C26H32Cl2N2O2S. The summed E-state index contributed by atoms with van der Waals surface area (Å²) in [5, 5.41) is 4.39. The van der Waals surface area contributed by atoms with Gasteiger partial charge in [-0.2, -0.15) is 0 Å². The number of hydrogen-bond donors (Lipinski definition) is 1. The van der Waals surface area contributed by atoms with Crippen molar-refractivity contribution in [1.82, 2.24) is 10.2 Å². The molecule has 0 heterocycles. The van der Waals surface area contributed by atoms with Gasteiger partial charge in [0.1, 0.15) is 6.04 Å². The Morgan fingerprint density at radius 2 is 1.76 bits per heavy atom. The highest BCUT2D eigenvalue weighted by atomic mass is 35.5. The van der Waals surface area contributed by atoms with Crippen molar-refractivity contribution in [3.05, 3.63) is 69.2 Å². The van der Waals surface area contributed by atoms with Gasteiger partial charge < -0.3 is 10.2 Å². The van der Waals surface area contributed by atoms with E-state index < -0.39 is 6.04 Å². The first-order valence-corrected chi connectivity index (χ1v) is 13.5. The summed E-state index contributed by atoms with van der Waals surface area (Å²) in [6.45, 7) is 4.41. The molecule has 178 valence electrons. The Balaban J connectivity index is 1.73. The Morgan fingerprint density at radius 1 is 1.09 bits per heavy atom. The molecule has 0 saturated heterocycles. The molecule has 0 aliphatic heterocycles. The van der Waals surface area contributed by atoms with E-state index in [2.05, 4.69) is 5.32 Å². The quantitative estimate of drug-likeness (QED) is 0.405. The average molecular weight is 508 g/mol. The Bertz CT molecular complexity index is 943. The third kappa shape index (κ3) is 7.14. The summed E-state index contributed by atoms with van der Waals surface area (Å²) in [5.74, 6) is 0.680. The van der Waals surface area contributed by atoms with Gasteiger partial charge in [-0.1, -0.05) is 73.3 Å². The maximum atomic E-state index is 13.4. The molecule has 0 unspecified atom stereocenters. The summed E-state index contributed by atoms with van der Waals surface area (Å²) >= 11 is 14.0. The minimum atomic E-state index is -0.498. The zero-order valence-corrected chi connectivity index (χ0v) is 21.6. The number of hydrogen-bond acceptors (Lipinski definition) is 3. The standard InChI is InChI=1S/C26H32Cl2N2O2S/c1-3-24(26(32)29-20-11-6-7-12-20)30(15-19-10-5-4-9-18(19)2)25(31)17-33-16-21-22(27)13-8-14-23(21)28/h4-5,8-10,13-14,20,24H,3,6-7,11-12,15-17H2,1-2H3,(H,29,32)/t24-/m0/s1. The molecule has 4 nitrogen and oxygen atoms in total. The van der Waals surface area contributed by atoms with Crippen LogP contribution in [0.15, 0.2) is 42.5 Å². The molecule has 0 spiro atoms. The second-order valence-electron chi connectivity index (χ2n) is 8.56. The monoisotopic (exact) mass is 506 g/mol. The lowest BCUT2D eigenvalue weighted by Gasteiger charge is -2.32. The van der Waals surface area contributed by atoms with Crippen molar-refractivity contribution in [3.8, 4) is 0 Å². The predicted molar refractivity (Wildman–Crippen MR) is 139 cm³/mol. The zero-order valence-electron chi connectivity index (χ0n) is 19.3. The molecule has 33 heavy (non-hydrogen) atoms. The molecule has 3 rings (SSSR count). The van der Waals surface area contributed by atoms with Gasteiger partial charge in [-0.3, -0.25) is 9.59 Å². The molecule has 1 N–H and O–H groups in total. The summed E-state index contributed by atoms with van der Waals surface area (Å²) in [6.07, 6.45) is 4.89. The van der Waals surface area contributed by atoms with Gasteiger partial charge in [-0.15, -0.1) is 11.8 Å². The van der Waals surface area contributed by atoms with Crippen LogP contribution in [0, 0.1) is 6.92 Å². The molecule has 2 aromatic carbocycles. The number of carbonyl (C=O) groups is 2. The summed E-state index contributed by atoms with van der Waals surface area (Å²) in [6, 6.07) is 13.1. The maximum Gasteiger partial charge on any atom is 0.243 e. The summed E-state index contributed by atoms with van der Waals surface area (Å²) in [5.41, 5.74) is 2.99. The van der Waals surface area contributed by atoms with Crippen molar-refractivity contribution in [1.29, 1.82) is 0 Å². The van der Waals surface area contributed by atoms with Gasteiger partial charge in [0, 0.05) is 28.4 Å². The van der Waals surface area contributed by atoms with E-state index in [4.69, 9.17) is 23.2 Å². The first kappa shape index (κ1) is 25.9. The van der Waals surface area contributed by atoms with Crippen LogP contribution in [-0.2, 0) is 21.9 Å². The third-order valence-electron chi connectivity index (χ3n) is 6.22. The first-order chi connectivity index (χ1) is 15.9. The number of thioether (sulfide) groups is 1. The van der Waals surface area contributed by atoms with Crippen molar-refractivity contribution in [2.45, 2.75) is 70.3 Å². The molecule has 0 radical (unpaired) electrons. The normalized spacial score (nSPS) is 14.8. The zero-order chi connectivity index (χ0) is 23.8. The van der Waals surface area contributed by atoms with Gasteiger partial charge in [0.05, 0.1) is 5.75 Å². The van der Waals surface area contributed by atoms with E-state index in [1.807, 2.05) is 44.2 Å². The van der Waals surface area contributed by atoms with Gasteiger partial charge in [-0.25, -0.2) is 0 Å². The Labute approximate surface area is 211 Å². The van der Waals surface area contributed by atoms with Crippen molar-refractivity contribution in [2.75, 3.05) is 5.75 Å². The summed E-state index contributed by atoms with van der Waals surface area (Å²) < 4.78 is 0. The molecule has 7 heteroatoms. The fourth-order valence-corrected chi connectivity index (χ4v) is 5.90. The van der Waals surface area contributed by atoms with Gasteiger partial charge in [0.15, 0.2) is 0 Å². The van der Waals surface area contributed by atoms with E-state index in [0.29, 0.717) is 28.8 Å². The van der Waals surface area contributed by atoms with E-state index >= 15 is 0 Å². The average Bonchev–Trinajstić information content (AvgIpc) is 3.29. The molecule has 1 atom stereocenters. The number of carbonyl (C=O) groups excluding carboxylic acids is 2. The third-order valence-corrected chi connectivity index (χ3v) is 7.88. The van der Waals surface area contributed by atoms with Crippen LogP contribution in [0.3, 0.4) is 0 Å². The Morgan fingerprint density at radius 3 is 2.39 bits per heavy atom. The number of halogens is 2. The van der Waals surface area contributed by atoms with Crippen LogP contribution in [0.25, 0.3) is 0 Å². The number of benzene rings is 2. The lowest BCUT2D eigenvalue weighted by atomic mass is 10.1. The van der Waals surface area contributed by atoms with Crippen LogP contribution < -0.4 is 5.32 Å². The van der Waals surface area contributed by atoms with Crippen LogP contribution in [0.2, 0.25) is 10.0 Å². The van der Waals surface area contributed by atoms with Crippen molar-refractivity contribution in [3.63, 3.8) is 0 Å². The van der Waals surface area contributed by atoms with E-state index in [1.165, 1.54) is 11.8 Å². The SMILES string of the molecule is CC[C@@H](C(=O)NC1CCCC1)N(Cc1ccccc1C)C(=O)CSCc1c(Cl)cccc1Cl. The second-order valence-corrected chi connectivity index (χ2v) is 10.4. The van der Waals surface area contributed by atoms with Crippen LogP contribution >= 0.6 is 35.0 Å². The van der Waals surface area contributed by atoms with Gasteiger partial charge in [-0.05, 0) is 55.0 Å². The molecule has 2 amide bonds. The number of nitrogens with one attached hydrogen (secondary N) is 1. The van der Waals surface area contributed by atoms with Gasteiger partial charge >= 0.3 is 0 Å². The Hall–Kier alpha value is -1.69. The number of aryl methyl sites for hydroxylation is 1. The maximum absolute atomic E-state index is 13.4. The van der Waals surface area contributed by atoms with Crippen LogP contribution in [0.5, 0.6) is 0 Å². The summed E-state index contributed by atoms with van der Waals surface area (Å²) in [7, 11) is 0. The van der Waals surface area contributed by atoms with Crippen molar-refractivity contribution < 1.29 is 9.59 Å². The highest BCUT2D eigenvalue weighted by Gasteiger charge is 2.30. The Kier molecular flexibility index (Phi) is 9.96. The van der Waals surface area contributed by atoms with E-state index in [9.17, 15) is 9.59 Å². The molecule has 0 aromatic heterocycles. The molecule has 1 saturated carbocycles. The number of rotatable bonds is 10. The largest absolute Gasteiger partial charge is 0.352 e. The topological polar surface area (TPSA) is 49.4 Å². The van der Waals surface area contributed by atoms with Crippen LogP contribution in [-0.4, -0.2) is 34.6 Å². The highest BCUT2D eigenvalue weighted by Crippen LogP contribution is 2.29. The fourth-order valence-electron chi connectivity index (χ4n) is 4.25. The molecular weight excluding hydrogens is 475 g/mol. The molecule has 2 aromatic rings. The smallest absolute Gasteiger partial charge is 0.243 e. The van der Waals surface area contributed by atoms with E-state index in [1.54, 1.807) is 17.0 Å². The number of nitrogens with zero attached hydrogens (tertiary/aromatic N) is 1. The van der Waals surface area contributed by atoms with Gasteiger partial charge in [0.25, 0.3) is 0 Å². The minimum absolute atomic E-state index is 0.0505. The summed E-state index contributed by atoms with van der Waals surface area (Å²) in [4.78, 5) is 28.4. The van der Waals surface area contributed by atoms with Crippen LogP contribution in [0.4, 0.5) is 0 Å². The number of amides is 2. The fraction of sp³-hybridized carbons (Fsp3) is 0.462. The highest BCUT2D eigenvalue weighted by molar-refractivity contribution is 7.99. The molecule has 1 aliphatic rings. The second kappa shape index (κ2) is 12.7. The molecule has 1 fully saturated rings. The first-order valence-electron chi connectivity index (χ1n) is 11.6.